The molecule has 5 fully saturated rings. The van der Waals surface area contributed by atoms with Gasteiger partial charge in [0.25, 0.3) is 50.1 Å². The Kier molecular flexibility index (Phi) is 37.2. The van der Waals surface area contributed by atoms with Gasteiger partial charge in [-0.2, -0.15) is 0 Å². The Morgan fingerprint density at radius 2 is 0.662 bits per heavy atom. The zero-order valence-electron chi connectivity index (χ0n) is 79.6. The summed E-state index contributed by atoms with van der Waals surface area (Å²) in [5.74, 6) is 1.52. The Labute approximate surface area is 831 Å². The van der Waals surface area contributed by atoms with Crippen molar-refractivity contribution in [1.82, 2.24) is 12.9 Å². The van der Waals surface area contributed by atoms with Crippen LogP contribution >= 0.6 is 23.4 Å². The number of sulfone groups is 1. The SMILES string of the molecule is CC1CCN(c2ccccc2NS(=O)(=O)c2ccc(S(=O)(=O)N(C)C)cc2)CC1C.CN(C)S(=O)(=O)c1ccc(S(=O)(=O)Nc2ccccc2C2CCCCC2)cc1.CN(C)S(=O)(=O)c1ccc(S(=O)(=O)Nc2ccccc2N2CCC(C)(F)CC2)cc1.CS(=O)(=O)c1cccc(S(=O)(=O)Nc2cccc(Cl)c2N2CCCCC2)c1.CSc1ccc(S(=O)(=O)Nc2ccccc2N2CCCCC2)cc1. The van der Waals surface area contributed by atoms with Crippen LogP contribution in [-0.2, 0) is 90.0 Å². The summed E-state index contributed by atoms with van der Waals surface area (Å²) in [6.45, 7) is 12.3. The number of anilines is 9. The second kappa shape index (κ2) is 47.1. The molecule has 10 aromatic rings. The van der Waals surface area contributed by atoms with Gasteiger partial charge < -0.3 is 19.6 Å². The van der Waals surface area contributed by atoms with Gasteiger partial charge in [0, 0.05) is 106 Å². The predicted molar refractivity (Wildman–Crippen MR) is 555 cm³/mol. The molecule has 5 aliphatic rings. The minimum absolute atomic E-state index is 0.00874. The molecule has 2 unspecified atom stereocenters. The highest BCUT2D eigenvalue weighted by Gasteiger charge is 2.34. The lowest BCUT2D eigenvalue weighted by atomic mass is 9.83. The van der Waals surface area contributed by atoms with Gasteiger partial charge in [-0.15, -0.1) is 11.8 Å². The Hall–Kier alpha value is -9.60. The van der Waals surface area contributed by atoms with Crippen molar-refractivity contribution in [1.29, 1.82) is 0 Å². The third-order valence-electron chi connectivity index (χ3n) is 24.8. The van der Waals surface area contributed by atoms with Crippen LogP contribution < -0.4 is 43.2 Å². The van der Waals surface area contributed by atoms with Gasteiger partial charge in [-0.3, -0.25) is 23.6 Å². The maximum Gasteiger partial charge on any atom is 0.262 e. The fraction of sp³-hybridized carbons (Fsp3) is 0.381. The molecule has 5 N–H and O–H groups in total. The summed E-state index contributed by atoms with van der Waals surface area (Å²) in [6.07, 6.45) is 17.2. The van der Waals surface area contributed by atoms with Gasteiger partial charge >= 0.3 is 0 Å². The standard InChI is InChI=1S/C21H29N3O4S2.C20H26FN3O4S2.C20H26N2O4S2.C18H21ClN2O4S2.C18H22N2O2S2/c1-16-13-14-24(15-17(16)2)21-8-6-5-7-20(21)22-29(25,26)18-9-11-19(12-10-18)30(27,28)23(3)4;1-20(21)12-14-24(15-13-20)19-7-5-4-6-18(19)22-29(25,26)16-8-10-17(11-9-16)30(27,28)23(2)3;1-22(2)28(25,26)18-14-12-17(13-15-18)27(23,24)21-20-11-7-6-10-19(20)16-8-4-3-5-9-16;1-26(22,23)14-7-5-8-15(13-14)27(24,25)20-17-10-6-9-16(19)18(17)21-11-3-2-4-12-21;1-23-15-9-11-16(12-10-15)24(21,22)19-17-7-3-4-8-18(17)20-13-5-2-6-14-20/h5-12,16-17,22H,13-15H2,1-4H3;4-11,22H,12-15H2,1-3H3;6-7,10-16,21H,3-5,8-9H2,1-2H3;5-10,13,20H,2-4,11-12H2,1H3;3-4,7-12,19H,2,5-6,13-14H2,1H3. The van der Waals surface area contributed by atoms with Crippen molar-refractivity contribution in [3.8, 4) is 0 Å². The summed E-state index contributed by atoms with van der Waals surface area (Å²) in [7, 11) is -25.0. The minimum Gasteiger partial charge on any atom is -0.370 e. The average molecular weight is 2120 g/mol. The molecular formula is C97H124ClFN12O18S10. The van der Waals surface area contributed by atoms with Crippen LogP contribution in [-0.4, -0.2) is 202 Å². The van der Waals surface area contributed by atoms with E-state index in [1.54, 1.807) is 91.5 Å². The largest absolute Gasteiger partial charge is 0.370 e. The molecule has 139 heavy (non-hydrogen) atoms. The number of alkyl halides is 1. The van der Waals surface area contributed by atoms with Crippen molar-refractivity contribution < 1.29 is 80.2 Å². The van der Waals surface area contributed by atoms with Gasteiger partial charge in [0.15, 0.2) is 9.84 Å². The van der Waals surface area contributed by atoms with Crippen molar-refractivity contribution in [2.45, 2.75) is 171 Å². The zero-order chi connectivity index (χ0) is 101. The van der Waals surface area contributed by atoms with Gasteiger partial charge in [0.2, 0.25) is 30.1 Å². The van der Waals surface area contributed by atoms with Gasteiger partial charge in [0.05, 0.1) is 100 Å². The highest BCUT2D eigenvalue weighted by atomic mass is 35.5. The zero-order valence-corrected chi connectivity index (χ0v) is 88.5. The van der Waals surface area contributed by atoms with Crippen molar-refractivity contribution in [2.24, 2.45) is 11.8 Å². The molecule has 4 saturated heterocycles. The molecule has 754 valence electrons. The van der Waals surface area contributed by atoms with E-state index < -0.39 is 95.7 Å². The van der Waals surface area contributed by atoms with E-state index in [1.807, 2.05) is 77.9 Å². The lowest BCUT2D eigenvalue weighted by molar-refractivity contribution is 0.149. The number of rotatable bonds is 28. The van der Waals surface area contributed by atoms with Crippen LogP contribution in [0.1, 0.15) is 122 Å². The first-order valence-corrected chi connectivity index (χ1v) is 60.7. The molecule has 30 nitrogen and oxygen atoms in total. The molecule has 0 radical (unpaired) electrons. The summed E-state index contributed by atoms with van der Waals surface area (Å²) in [6, 6.07) is 62.4. The van der Waals surface area contributed by atoms with Crippen molar-refractivity contribution in [3.63, 3.8) is 0 Å². The highest BCUT2D eigenvalue weighted by molar-refractivity contribution is 7.98. The van der Waals surface area contributed by atoms with Crippen molar-refractivity contribution in [2.75, 3.05) is 150 Å². The summed E-state index contributed by atoms with van der Waals surface area (Å²) in [4.78, 5) is 9.79. The number of hydrogen-bond acceptors (Lipinski definition) is 23. The Morgan fingerprint density at radius 1 is 0.338 bits per heavy atom. The molecule has 0 spiro atoms. The fourth-order valence-corrected chi connectivity index (χ4v) is 26.0. The van der Waals surface area contributed by atoms with Crippen LogP contribution in [0.3, 0.4) is 0 Å². The predicted octanol–water partition coefficient (Wildman–Crippen LogP) is 17.8. The smallest absolute Gasteiger partial charge is 0.262 e. The Morgan fingerprint density at radius 3 is 1.06 bits per heavy atom. The molecule has 2 atom stereocenters. The number of sulfonamides is 8. The molecule has 0 bridgehead atoms. The average Bonchev–Trinajstić information content (AvgIpc) is 0.798. The molecule has 15 rings (SSSR count). The molecule has 42 heteroatoms. The number of halogens is 2. The van der Waals surface area contributed by atoms with E-state index in [1.165, 1.54) is 146 Å². The Balaban J connectivity index is 0.000000167. The minimum atomic E-state index is -3.97. The number of nitrogens with zero attached hydrogens (tertiary/aromatic N) is 7. The van der Waals surface area contributed by atoms with Gasteiger partial charge in [-0.05, 0) is 277 Å². The summed E-state index contributed by atoms with van der Waals surface area (Å²) in [5.41, 5.74) is 5.51. The number of piperidine rings is 4. The van der Waals surface area contributed by atoms with Crippen LogP contribution in [0.25, 0.3) is 0 Å². The number of benzene rings is 10. The van der Waals surface area contributed by atoms with Crippen LogP contribution in [0.5, 0.6) is 0 Å². The van der Waals surface area contributed by atoms with E-state index >= 15 is 0 Å². The van der Waals surface area contributed by atoms with E-state index in [9.17, 15) is 80.2 Å². The van der Waals surface area contributed by atoms with Gasteiger partial charge in [-0.1, -0.05) is 111 Å². The highest BCUT2D eigenvalue weighted by Crippen LogP contribution is 2.42. The van der Waals surface area contributed by atoms with Crippen molar-refractivity contribution in [3.05, 3.63) is 247 Å². The van der Waals surface area contributed by atoms with Crippen LogP contribution in [0.2, 0.25) is 5.02 Å². The third kappa shape index (κ3) is 28.9. The quantitative estimate of drug-likeness (QED) is 0.0284. The summed E-state index contributed by atoms with van der Waals surface area (Å²) in [5, 5.41) is 0.474. The Bertz CT molecular complexity index is 7000. The van der Waals surface area contributed by atoms with Crippen LogP contribution in [0.4, 0.5) is 55.6 Å². The second-order valence-corrected chi connectivity index (χ2v) is 53.7. The number of nitrogens with one attached hydrogen (secondary N) is 5. The van der Waals surface area contributed by atoms with E-state index in [-0.39, 0.29) is 44.1 Å². The first kappa shape index (κ1) is 110. The van der Waals surface area contributed by atoms with Gasteiger partial charge in [0.1, 0.15) is 5.67 Å². The lowest BCUT2D eigenvalue weighted by Gasteiger charge is -2.37. The van der Waals surface area contributed by atoms with Crippen molar-refractivity contribution >= 4 is 165 Å². The topological polar surface area (TPSA) is 390 Å². The first-order valence-electron chi connectivity index (χ1n) is 45.4. The monoisotopic (exact) mass is 2120 g/mol. The maximum atomic E-state index is 14.1. The molecule has 1 aliphatic carbocycles. The number of hydrogen-bond donors (Lipinski definition) is 5. The van der Waals surface area contributed by atoms with Gasteiger partial charge in [-0.25, -0.2) is 93.1 Å². The summed E-state index contributed by atoms with van der Waals surface area (Å²) < 4.78 is 256. The van der Waals surface area contributed by atoms with E-state index in [0.717, 1.165) is 151 Å². The fourth-order valence-electron chi connectivity index (χ4n) is 16.4. The number of thioether (sulfide) groups is 1. The number of para-hydroxylation sites is 8. The molecule has 4 aliphatic heterocycles. The third-order valence-corrected chi connectivity index (χ3v) is 39.3. The van der Waals surface area contributed by atoms with Crippen LogP contribution in [0, 0.1) is 11.8 Å². The first-order chi connectivity index (χ1) is 65.4. The molecule has 10 aromatic carbocycles. The normalized spacial score (nSPS) is 17.0. The molecule has 4 heterocycles. The van der Waals surface area contributed by atoms with Crippen LogP contribution in [0.15, 0.2) is 286 Å². The maximum absolute atomic E-state index is 14.1. The lowest BCUT2D eigenvalue weighted by Crippen LogP contribution is -2.40. The van der Waals surface area contributed by atoms with E-state index in [2.05, 4.69) is 52.2 Å². The summed E-state index contributed by atoms with van der Waals surface area (Å²) >= 11 is 7.96. The molecule has 1 saturated carbocycles. The van der Waals surface area contributed by atoms with E-state index in [4.69, 9.17) is 11.6 Å². The molecule has 0 amide bonds. The molecular weight excluding hydrogens is 2000 g/mol. The molecule has 0 aromatic heterocycles. The van der Waals surface area contributed by atoms with E-state index in [0.29, 0.717) is 88.5 Å². The second-order valence-electron chi connectivity index (χ2n) is 35.5.